The molecule has 0 radical (unpaired) electrons. The summed E-state index contributed by atoms with van der Waals surface area (Å²) in [7, 11) is 0. The van der Waals surface area contributed by atoms with Crippen molar-refractivity contribution in [3.63, 3.8) is 0 Å². The SMILES string of the molecule is CC/C=C\C/C=C\C/C=C\C/C=C\C/C=C\C/C=C\C/C=C\C/C=C\C/C=C\C/C=C\CCCCCCC(=O)OCC(COC(=O)CCCCCCCCCCC)OC(=O)CCCCCCCCC/C=C\C/C=C\CCCCCC. The molecule has 0 aromatic heterocycles. The molecular weight excluding hydrogens is 985 g/mol. The van der Waals surface area contributed by atoms with Crippen LogP contribution in [0.4, 0.5) is 0 Å². The maximum Gasteiger partial charge on any atom is 0.306 e. The highest BCUT2D eigenvalue weighted by molar-refractivity contribution is 5.71. The fraction of sp³-hybridized carbons (Fsp3) is 0.635. The van der Waals surface area contributed by atoms with Gasteiger partial charge in [-0.25, -0.2) is 0 Å². The third-order valence-electron chi connectivity index (χ3n) is 13.6. The molecule has 1 atom stereocenters. The summed E-state index contributed by atoms with van der Waals surface area (Å²) in [6.07, 6.45) is 95.8. The van der Waals surface area contributed by atoms with Crippen molar-refractivity contribution in [1.29, 1.82) is 0 Å². The minimum absolute atomic E-state index is 0.0915. The summed E-state index contributed by atoms with van der Waals surface area (Å²) in [6, 6.07) is 0. The highest BCUT2D eigenvalue weighted by Gasteiger charge is 2.19. The van der Waals surface area contributed by atoms with E-state index in [-0.39, 0.29) is 31.1 Å². The van der Waals surface area contributed by atoms with Crippen molar-refractivity contribution in [3.8, 4) is 0 Å². The van der Waals surface area contributed by atoms with Crippen molar-refractivity contribution in [2.45, 2.75) is 290 Å². The van der Waals surface area contributed by atoms with Gasteiger partial charge in [-0.1, -0.05) is 282 Å². The summed E-state index contributed by atoms with van der Waals surface area (Å²) in [4.78, 5) is 38.2. The van der Waals surface area contributed by atoms with Crippen LogP contribution in [0, 0.1) is 0 Å². The fourth-order valence-corrected chi connectivity index (χ4v) is 8.68. The van der Waals surface area contributed by atoms with Crippen LogP contribution < -0.4 is 0 Å². The largest absolute Gasteiger partial charge is 0.462 e. The molecule has 0 aliphatic rings. The van der Waals surface area contributed by atoms with E-state index in [2.05, 4.69) is 167 Å². The molecule has 0 aromatic rings. The van der Waals surface area contributed by atoms with Gasteiger partial charge in [0.25, 0.3) is 0 Å². The molecule has 0 aliphatic carbocycles. The standard InChI is InChI=1S/C74H120O6/c1-4-7-10-13-16-19-21-23-25-27-29-30-31-32-33-34-35-36-37-38-39-40-41-42-43-44-45-47-48-50-52-55-58-61-64-67-73(76)79-70-71(69-78-72(75)66-63-60-57-54-18-15-12-9-6-3)80-74(77)68-65-62-59-56-53-51-49-46-28-26-24-22-20-17-14-11-8-5-2/h7,10,16,19-20,22-23,25-26,28-30,32-33,35-36,38-39,41-42,44-45,48,50,71H,4-6,8-9,11-15,17-18,21,24,27,31,34,37,40,43,46-47,49,51-70H2,1-3H3/b10-7-,19-16-,22-20-,25-23-,28-26-,30-29-,33-32-,36-35-,39-38-,42-41-,45-44-,50-48-. The summed E-state index contributed by atoms with van der Waals surface area (Å²) >= 11 is 0. The van der Waals surface area contributed by atoms with Crippen LogP contribution in [-0.2, 0) is 28.6 Å². The van der Waals surface area contributed by atoms with Crippen LogP contribution in [0.3, 0.4) is 0 Å². The average Bonchev–Trinajstić information content (AvgIpc) is 3.46. The van der Waals surface area contributed by atoms with Gasteiger partial charge in [0.1, 0.15) is 13.2 Å². The van der Waals surface area contributed by atoms with Crippen molar-refractivity contribution in [2.75, 3.05) is 13.2 Å². The first-order valence-electron chi connectivity index (χ1n) is 32.8. The van der Waals surface area contributed by atoms with Crippen molar-refractivity contribution >= 4 is 17.9 Å². The van der Waals surface area contributed by atoms with E-state index in [9.17, 15) is 14.4 Å². The minimum Gasteiger partial charge on any atom is -0.462 e. The summed E-state index contributed by atoms with van der Waals surface area (Å²) in [5, 5.41) is 0. The van der Waals surface area contributed by atoms with Gasteiger partial charge in [-0.05, 0) is 128 Å². The second-order valence-corrected chi connectivity index (χ2v) is 21.3. The Hall–Kier alpha value is -4.71. The lowest BCUT2D eigenvalue weighted by Gasteiger charge is -2.18. The number of esters is 3. The van der Waals surface area contributed by atoms with Crippen LogP contribution in [-0.4, -0.2) is 37.2 Å². The van der Waals surface area contributed by atoms with Gasteiger partial charge in [-0.2, -0.15) is 0 Å². The van der Waals surface area contributed by atoms with Crippen molar-refractivity contribution in [3.05, 3.63) is 146 Å². The van der Waals surface area contributed by atoms with Gasteiger partial charge in [0.15, 0.2) is 6.10 Å². The summed E-state index contributed by atoms with van der Waals surface area (Å²) in [6.45, 7) is 6.46. The molecule has 0 fully saturated rings. The molecule has 1 unspecified atom stereocenters. The van der Waals surface area contributed by atoms with Gasteiger partial charge in [-0.15, -0.1) is 0 Å². The van der Waals surface area contributed by atoms with E-state index in [0.717, 1.165) is 148 Å². The molecule has 0 heterocycles. The maximum atomic E-state index is 12.9. The molecular formula is C74H120O6. The zero-order valence-corrected chi connectivity index (χ0v) is 51.8. The molecule has 0 aromatic carbocycles. The predicted octanol–water partition coefficient (Wildman–Crippen LogP) is 22.7. The van der Waals surface area contributed by atoms with E-state index in [1.54, 1.807) is 0 Å². The molecule has 0 aliphatic heterocycles. The Morgan fingerprint density at radius 2 is 0.487 bits per heavy atom. The van der Waals surface area contributed by atoms with Crippen molar-refractivity contribution in [2.24, 2.45) is 0 Å². The first kappa shape index (κ1) is 75.3. The van der Waals surface area contributed by atoms with Crippen molar-refractivity contribution in [1.82, 2.24) is 0 Å². The second kappa shape index (κ2) is 66.8. The van der Waals surface area contributed by atoms with E-state index in [0.29, 0.717) is 19.3 Å². The Bertz CT molecular complexity index is 1750. The monoisotopic (exact) mass is 1100 g/mol. The van der Waals surface area contributed by atoms with E-state index in [4.69, 9.17) is 14.2 Å². The predicted molar refractivity (Wildman–Crippen MR) is 348 cm³/mol. The number of rotatable bonds is 58. The van der Waals surface area contributed by atoms with Gasteiger partial charge in [0.2, 0.25) is 0 Å². The first-order valence-corrected chi connectivity index (χ1v) is 32.8. The van der Waals surface area contributed by atoms with Gasteiger partial charge >= 0.3 is 17.9 Å². The molecule has 452 valence electrons. The third kappa shape index (κ3) is 64.1. The first-order chi connectivity index (χ1) is 39.5. The second-order valence-electron chi connectivity index (χ2n) is 21.3. The molecule has 6 heteroatoms. The number of allylic oxidation sites excluding steroid dienone is 24. The maximum absolute atomic E-state index is 12.9. The number of hydrogen-bond donors (Lipinski definition) is 0. The highest BCUT2D eigenvalue weighted by atomic mass is 16.6. The fourth-order valence-electron chi connectivity index (χ4n) is 8.68. The van der Waals surface area contributed by atoms with E-state index in [1.807, 2.05) is 0 Å². The van der Waals surface area contributed by atoms with E-state index < -0.39 is 6.10 Å². The normalized spacial score (nSPS) is 13.1. The Morgan fingerprint density at radius 1 is 0.263 bits per heavy atom. The number of carbonyl (C=O) groups excluding carboxylic acids is 3. The zero-order valence-electron chi connectivity index (χ0n) is 51.8. The molecule has 0 rings (SSSR count). The Morgan fingerprint density at radius 3 is 0.775 bits per heavy atom. The summed E-state index contributed by atoms with van der Waals surface area (Å²) in [5.41, 5.74) is 0. The van der Waals surface area contributed by atoms with Crippen LogP contribution in [0.15, 0.2) is 146 Å². The molecule has 0 amide bonds. The Labute approximate surface area is 493 Å². The number of hydrogen-bond acceptors (Lipinski definition) is 6. The zero-order chi connectivity index (χ0) is 57.8. The van der Waals surface area contributed by atoms with Crippen LogP contribution in [0.1, 0.15) is 284 Å². The van der Waals surface area contributed by atoms with Gasteiger partial charge in [0, 0.05) is 19.3 Å². The molecule has 80 heavy (non-hydrogen) atoms. The highest BCUT2D eigenvalue weighted by Crippen LogP contribution is 2.15. The molecule has 6 nitrogen and oxygen atoms in total. The van der Waals surface area contributed by atoms with Crippen LogP contribution in [0.2, 0.25) is 0 Å². The number of carbonyl (C=O) groups is 3. The average molecular weight is 1110 g/mol. The van der Waals surface area contributed by atoms with Crippen LogP contribution >= 0.6 is 0 Å². The van der Waals surface area contributed by atoms with Crippen LogP contribution in [0.25, 0.3) is 0 Å². The molecule has 0 saturated heterocycles. The van der Waals surface area contributed by atoms with Gasteiger partial charge in [0.05, 0.1) is 0 Å². The van der Waals surface area contributed by atoms with Gasteiger partial charge in [-0.3, -0.25) is 14.4 Å². The minimum atomic E-state index is -0.796. The summed E-state index contributed by atoms with van der Waals surface area (Å²) in [5.74, 6) is -0.928. The molecule has 0 saturated carbocycles. The van der Waals surface area contributed by atoms with Gasteiger partial charge < -0.3 is 14.2 Å². The van der Waals surface area contributed by atoms with Crippen molar-refractivity contribution < 1.29 is 28.6 Å². The molecule has 0 spiro atoms. The number of unbranched alkanes of at least 4 members (excludes halogenated alkanes) is 23. The lowest BCUT2D eigenvalue weighted by molar-refractivity contribution is -0.167. The smallest absolute Gasteiger partial charge is 0.306 e. The summed E-state index contributed by atoms with van der Waals surface area (Å²) < 4.78 is 16.8. The molecule has 0 bridgehead atoms. The van der Waals surface area contributed by atoms with E-state index >= 15 is 0 Å². The quantitative estimate of drug-likeness (QED) is 0.0261. The third-order valence-corrected chi connectivity index (χ3v) is 13.6. The lowest BCUT2D eigenvalue weighted by Crippen LogP contribution is -2.30. The lowest BCUT2D eigenvalue weighted by atomic mass is 10.1. The van der Waals surface area contributed by atoms with E-state index in [1.165, 1.54) is 96.3 Å². The van der Waals surface area contributed by atoms with Crippen LogP contribution in [0.5, 0.6) is 0 Å². The topological polar surface area (TPSA) is 78.9 Å². The Kier molecular flexibility index (Phi) is 62.9. The number of ether oxygens (including phenoxy) is 3. The Balaban J connectivity index is 4.27. The molecule has 0 N–H and O–H groups in total.